The lowest BCUT2D eigenvalue weighted by molar-refractivity contribution is 0.275. The zero-order valence-corrected chi connectivity index (χ0v) is 9.45. The van der Waals surface area contributed by atoms with Gasteiger partial charge in [0.2, 0.25) is 0 Å². The minimum absolute atomic E-state index is 0.0471. The molecule has 88 valence electrons. The first-order valence-corrected chi connectivity index (χ1v) is 5.85. The second-order valence-corrected chi connectivity index (χ2v) is 4.69. The van der Waals surface area contributed by atoms with E-state index in [0.29, 0.717) is 12.1 Å². The lowest BCUT2D eigenvalue weighted by atomic mass is 9.78. The van der Waals surface area contributed by atoms with Gasteiger partial charge < -0.3 is 15.9 Å². The van der Waals surface area contributed by atoms with Gasteiger partial charge in [-0.15, -0.1) is 0 Å². The van der Waals surface area contributed by atoms with Crippen LogP contribution in [0.2, 0.25) is 0 Å². The normalized spacial score (nSPS) is 18.9. The molecule has 0 spiro atoms. The van der Waals surface area contributed by atoms with Gasteiger partial charge in [0.25, 0.3) is 0 Å². The molecule has 0 unspecified atom stereocenters. The SMILES string of the molecule is NCC1(c2ccc(CO)c(O)c2)CCCC1. The van der Waals surface area contributed by atoms with Crippen LogP contribution in [0.4, 0.5) is 0 Å². The molecule has 4 N–H and O–H groups in total. The van der Waals surface area contributed by atoms with Crippen molar-refractivity contribution in [1.29, 1.82) is 0 Å². The Morgan fingerprint density at radius 1 is 1.25 bits per heavy atom. The first kappa shape index (κ1) is 11.4. The fourth-order valence-electron chi connectivity index (χ4n) is 2.69. The van der Waals surface area contributed by atoms with Gasteiger partial charge in [-0.25, -0.2) is 0 Å². The van der Waals surface area contributed by atoms with Crippen molar-refractivity contribution in [1.82, 2.24) is 0 Å². The highest BCUT2D eigenvalue weighted by atomic mass is 16.3. The van der Waals surface area contributed by atoms with E-state index in [0.717, 1.165) is 18.4 Å². The van der Waals surface area contributed by atoms with E-state index in [4.69, 9.17) is 10.8 Å². The van der Waals surface area contributed by atoms with E-state index >= 15 is 0 Å². The highest BCUT2D eigenvalue weighted by Gasteiger charge is 2.34. The van der Waals surface area contributed by atoms with Crippen molar-refractivity contribution in [2.75, 3.05) is 6.54 Å². The van der Waals surface area contributed by atoms with Gasteiger partial charge in [-0.05, 0) is 24.5 Å². The molecule has 1 aromatic rings. The van der Waals surface area contributed by atoms with E-state index in [1.54, 1.807) is 12.1 Å². The minimum Gasteiger partial charge on any atom is -0.508 e. The van der Waals surface area contributed by atoms with Gasteiger partial charge in [-0.2, -0.15) is 0 Å². The molecule has 3 nitrogen and oxygen atoms in total. The zero-order valence-electron chi connectivity index (χ0n) is 9.45. The largest absolute Gasteiger partial charge is 0.508 e. The number of rotatable bonds is 3. The molecule has 0 bridgehead atoms. The van der Waals surface area contributed by atoms with Crippen molar-refractivity contribution in [3.8, 4) is 5.75 Å². The molecule has 0 atom stereocenters. The van der Waals surface area contributed by atoms with Crippen LogP contribution in [-0.4, -0.2) is 16.8 Å². The maximum absolute atomic E-state index is 9.76. The van der Waals surface area contributed by atoms with E-state index in [1.807, 2.05) is 6.07 Å². The number of aromatic hydroxyl groups is 1. The van der Waals surface area contributed by atoms with Crippen LogP contribution in [0.25, 0.3) is 0 Å². The molecule has 0 saturated heterocycles. The minimum atomic E-state index is -0.123. The zero-order chi connectivity index (χ0) is 11.6. The lowest BCUT2D eigenvalue weighted by Gasteiger charge is -2.28. The summed E-state index contributed by atoms with van der Waals surface area (Å²) >= 11 is 0. The number of aliphatic hydroxyl groups is 1. The summed E-state index contributed by atoms with van der Waals surface area (Å²) in [7, 11) is 0. The topological polar surface area (TPSA) is 66.5 Å². The first-order valence-electron chi connectivity index (χ1n) is 5.85. The summed E-state index contributed by atoms with van der Waals surface area (Å²) in [4.78, 5) is 0. The third kappa shape index (κ3) is 1.81. The molecule has 0 radical (unpaired) electrons. The highest BCUT2D eigenvalue weighted by Crippen LogP contribution is 2.41. The van der Waals surface area contributed by atoms with Crippen molar-refractivity contribution in [2.24, 2.45) is 5.73 Å². The fraction of sp³-hybridized carbons (Fsp3) is 0.538. The Kier molecular flexibility index (Phi) is 3.17. The van der Waals surface area contributed by atoms with Crippen LogP contribution >= 0.6 is 0 Å². The summed E-state index contributed by atoms with van der Waals surface area (Å²) in [6.45, 7) is 0.507. The predicted octanol–water partition coefficient (Wildman–Crippen LogP) is 1.66. The summed E-state index contributed by atoms with van der Waals surface area (Å²) in [6.07, 6.45) is 4.61. The maximum Gasteiger partial charge on any atom is 0.121 e. The van der Waals surface area contributed by atoms with Crippen LogP contribution in [0.5, 0.6) is 5.75 Å². The Morgan fingerprint density at radius 2 is 1.94 bits per heavy atom. The molecule has 0 amide bonds. The maximum atomic E-state index is 9.76. The monoisotopic (exact) mass is 221 g/mol. The van der Waals surface area contributed by atoms with Crippen molar-refractivity contribution in [2.45, 2.75) is 37.7 Å². The Morgan fingerprint density at radius 3 is 2.44 bits per heavy atom. The van der Waals surface area contributed by atoms with Crippen LogP contribution in [0, 0.1) is 0 Å². The van der Waals surface area contributed by atoms with Gasteiger partial charge in [-0.3, -0.25) is 0 Å². The van der Waals surface area contributed by atoms with Gasteiger partial charge in [0.1, 0.15) is 5.75 Å². The van der Waals surface area contributed by atoms with Gasteiger partial charge in [0.15, 0.2) is 0 Å². The van der Waals surface area contributed by atoms with E-state index in [2.05, 4.69) is 0 Å². The van der Waals surface area contributed by atoms with Gasteiger partial charge >= 0.3 is 0 Å². The van der Waals surface area contributed by atoms with Crippen molar-refractivity contribution in [3.05, 3.63) is 29.3 Å². The van der Waals surface area contributed by atoms with E-state index in [1.165, 1.54) is 12.8 Å². The third-order valence-corrected chi connectivity index (χ3v) is 3.82. The quantitative estimate of drug-likeness (QED) is 0.727. The number of hydrogen-bond donors (Lipinski definition) is 3. The van der Waals surface area contributed by atoms with E-state index in [-0.39, 0.29) is 17.8 Å². The number of nitrogens with two attached hydrogens (primary N) is 1. The summed E-state index contributed by atoms with van der Waals surface area (Å²) in [5.74, 6) is 0.180. The Balaban J connectivity index is 2.36. The van der Waals surface area contributed by atoms with Crippen LogP contribution in [0.3, 0.4) is 0 Å². The molecule has 2 rings (SSSR count). The summed E-state index contributed by atoms with van der Waals surface area (Å²) in [5, 5.41) is 18.8. The van der Waals surface area contributed by atoms with Gasteiger partial charge in [0, 0.05) is 17.5 Å². The molecule has 3 heteroatoms. The second kappa shape index (κ2) is 4.44. The standard InChI is InChI=1S/C13H19NO2/c14-9-13(5-1-2-6-13)11-4-3-10(8-15)12(16)7-11/h3-4,7,15-16H,1-2,5-6,8-9,14H2. The average molecular weight is 221 g/mol. The molecule has 1 aliphatic rings. The number of hydrogen-bond acceptors (Lipinski definition) is 3. The molecule has 1 aromatic carbocycles. The number of phenols is 1. The molecular weight excluding hydrogens is 202 g/mol. The van der Waals surface area contributed by atoms with Crippen LogP contribution in [-0.2, 0) is 12.0 Å². The second-order valence-electron chi connectivity index (χ2n) is 4.69. The van der Waals surface area contributed by atoms with Gasteiger partial charge in [-0.1, -0.05) is 25.0 Å². The number of aliphatic hydroxyl groups excluding tert-OH is 1. The molecular formula is C13H19NO2. The van der Waals surface area contributed by atoms with Crippen molar-refractivity contribution >= 4 is 0 Å². The average Bonchev–Trinajstić information content (AvgIpc) is 2.78. The molecule has 1 aliphatic carbocycles. The number of benzene rings is 1. The molecule has 0 heterocycles. The summed E-state index contributed by atoms with van der Waals surface area (Å²) in [6, 6.07) is 5.55. The van der Waals surface area contributed by atoms with E-state index in [9.17, 15) is 5.11 Å². The molecule has 16 heavy (non-hydrogen) atoms. The molecule has 0 aromatic heterocycles. The first-order chi connectivity index (χ1) is 7.72. The molecule has 0 aliphatic heterocycles. The summed E-state index contributed by atoms with van der Waals surface area (Å²) < 4.78 is 0. The Labute approximate surface area is 95.9 Å². The smallest absolute Gasteiger partial charge is 0.121 e. The summed E-state index contributed by atoms with van der Waals surface area (Å²) in [5.41, 5.74) is 7.63. The van der Waals surface area contributed by atoms with Gasteiger partial charge in [0.05, 0.1) is 6.61 Å². The fourth-order valence-corrected chi connectivity index (χ4v) is 2.69. The third-order valence-electron chi connectivity index (χ3n) is 3.82. The highest BCUT2D eigenvalue weighted by molar-refractivity contribution is 5.40. The Bertz CT molecular complexity index is 370. The van der Waals surface area contributed by atoms with Crippen LogP contribution in [0.15, 0.2) is 18.2 Å². The molecule has 1 saturated carbocycles. The van der Waals surface area contributed by atoms with Crippen LogP contribution in [0.1, 0.15) is 36.8 Å². The van der Waals surface area contributed by atoms with E-state index < -0.39 is 0 Å². The van der Waals surface area contributed by atoms with Crippen molar-refractivity contribution in [3.63, 3.8) is 0 Å². The van der Waals surface area contributed by atoms with Crippen LogP contribution < -0.4 is 5.73 Å². The predicted molar refractivity (Wildman–Crippen MR) is 63.2 cm³/mol. The van der Waals surface area contributed by atoms with Crippen molar-refractivity contribution < 1.29 is 10.2 Å². The Hall–Kier alpha value is -1.06. The lowest BCUT2D eigenvalue weighted by Crippen LogP contribution is -2.31. The molecule has 1 fully saturated rings.